The van der Waals surface area contributed by atoms with Crippen molar-refractivity contribution in [1.82, 2.24) is 15.2 Å². The highest BCUT2D eigenvalue weighted by Crippen LogP contribution is 2.23. The van der Waals surface area contributed by atoms with E-state index in [4.69, 9.17) is 9.15 Å². The zero-order valence-corrected chi connectivity index (χ0v) is 15.1. The van der Waals surface area contributed by atoms with Crippen LogP contribution in [-0.4, -0.2) is 59.7 Å². The molecule has 1 heterocycles. The second kappa shape index (κ2) is 8.22. The van der Waals surface area contributed by atoms with E-state index in [1.165, 1.54) is 11.9 Å². The maximum Gasteiger partial charge on any atom is 0.316 e. The fourth-order valence-electron chi connectivity index (χ4n) is 2.13. The van der Waals surface area contributed by atoms with Crippen LogP contribution >= 0.6 is 11.8 Å². The molecule has 0 bridgehead atoms. The van der Waals surface area contributed by atoms with Crippen LogP contribution in [0.15, 0.2) is 33.9 Å². The Morgan fingerprint density at radius 2 is 2.12 bits per heavy atom. The molecule has 0 spiro atoms. The smallest absolute Gasteiger partial charge is 0.316 e. The minimum atomic E-state index is -0.554. The lowest BCUT2D eigenvalue weighted by Gasteiger charge is -2.16. The van der Waals surface area contributed by atoms with Gasteiger partial charge in [-0.2, -0.15) is 0 Å². The lowest BCUT2D eigenvalue weighted by Crippen LogP contribution is -2.40. The standard InChI is InChI=1S/C17H19N3O5S/c1-20(8-14(21)18-11-6-7-11)15(22)9-24-16(23)10-26-17-19-12-4-2-3-5-13(12)25-17/h2-5,11H,6-10H2,1H3,(H,18,21). The molecule has 9 heteroatoms. The topological polar surface area (TPSA) is 102 Å². The number of para-hydroxylation sites is 2. The summed E-state index contributed by atoms with van der Waals surface area (Å²) in [5, 5.41) is 3.16. The molecular formula is C17H19N3O5S. The Morgan fingerprint density at radius 1 is 1.35 bits per heavy atom. The van der Waals surface area contributed by atoms with E-state index in [0.29, 0.717) is 16.3 Å². The number of carbonyl (C=O) groups excluding carboxylic acids is 3. The third kappa shape index (κ3) is 5.22. The van der Waals surface area contributed by atoms with Crippen molar-refractivity contribution in [2.45, 2.75) is 24.1 Å². The molecule has 26 heavy (non-hydrogen) atoms. The Labute approximate surface area is 154 Å². The predicted molar refractivity (Wildman–Crippen MR) is 94.5 cm³/mol. The van der Waals surface area contributed by atoms with Crippen LogP contribution in [0.25, 0.3) is 11.1 Å². The van der Waals surface area contributed by atoms with Gasteiger partial charge in [-0.05, 0) is 25.0 Å². The van der Waals surface area contributed by atoms with Crippen molar-refractivity contribution in [3.63, 3.8) is 0 Å². The van der Waals surface area contributed by atoms with E-state index in [1.54, 1.807) is 6.07 Å². The summed E-state index contributed by atoms with van der Waals surface area (Å²) < 4.78 is 10.4. The van der Waals surface area contributed by atoms with Gasteiger partial charge in [0.25, 0.3) is 11.1 Å². The van der Waals surface area contributed by atoms with Gasteiger partial charge in [0.2, 0.25) is 5.91 Å². The minimum Gasteiger partial charge on any atom is -0.455 e. The summed E-state index contributed by atoms with van der Waals surface area (Å²) in [5.74, 6) is -1.22. The zero-order chi connectivity index (χ0) is 18.5. The summed E-state index contributed by atoms with van der Waals surface area (Å²) in [4.78, 5) is 40.8. The molecule has 1 aliphatic carbocycles. The van der Waals surface area contributed by atoms with E-state index in [1.807, 2.05) is 18.2 Å². The molecule has 3 rings (SSSR count). The Morgan fingerprint density at radius 3 is 2.85 bits per heavy atom. The van der Waals surface area contributed by atoms with E-state index >= 15 is 0 Å². The summed E-state index contributed by atoms with van der Waals surface area (Å²) in [6.45, 7) is -0.454. The Hall–Kier alpha value is -2.55. The number of thioether (sulfide) groups is 1. The van der Waals surface area contributed by atoms with E-state index in [9.17, 15) is 14.4 Å². The van der Waals surface area contributed by atoms with E-state index in [2.05, 4.69) is 10.3 Å². The fourth-order valence-corrected chi connectivity index (χ4v) is 2.77. The van der Waals surface area contributed by atoms with Crippen LogP contribution in [0, 0.1) is 0 Å². The van der Waals surface area contributed by atoms with Crippen molar-refractivity contribution in [2.75, 3.05) is 26.0 Å². The lowest BCUT2D eigenvalue weighted by atomic mass is 10.3. The van der Waals surface area contributed by atoms with Gasteiger partial charge in [-0.3, -0.25) is 14.4 Å². The number of likely N-dealkylation sites (N-methyl/N-ethyl adjacent to an activating group) is 1. The Balaban J connectivity index is 1.37. The number of benzene rings is 1. The predicted octanol–water partition coefficient (Wildman–Crippen LogP) is 1.20. The van der Waals surface area contributed by atoms with Crippen LogP contribution in [0.3, 0.4) is 0 Å². The van der Waals surface area contributed by atoms with Crippen molar-refractivity contribution in [1.29, 1.82) is 0 Å². The number of nitrogens with zero attached hydrogens (tertiary/aromatic N) is 2. The first-order valence-corrected chi connectivity index (χ1v) is 9.17. The summed E-state index contributed by atoms with van der Waals surface area (Å²) in [5.41, 5.74) is 1.36. The van der Waals surface area contributed by atoms with Crippen molar-refractivity contribution in [3.8, 4) is 0 Å². The maximum atomic E-state index is 11.9. The van der Waals surface area contributed by atoms with Gasteiger partial charge in [0.1, 0.15) is 11.3 Å². The quantitative estimate of drug-likeness (QED) is 0.545. The van der Waals surface area contributed by atoms with Crippen molar-refractivity contribution >= 4 is 40.6 Å². The van der Waals surface area contributed by atoms with Crippen molar-refractivity contribution in [3.05, 3.63) is 24.3 Å². The average molecular weight is 377 g/mol. The van der Waals surface area contributed by atoms with Gasteiger partial charge in [-0.25, -0.2) is 4.98 Å². The lowest BCUT2D eigenvalue weighted by molar-refractivity contribution is -0.149. The number of fused-ring (bicyclic) bond motifs is 1. The maximum absolute atomic E-state index is 11.9. The minimum absolute atomic E-state index is 0.0218. The third-order valence-corrected chi connectivity index (χ3v) is 4.49. The molecule has 2 aromatic rings. The van der Waals surface area contributed by atoms with Gasteiger partial charge in [-0.15, -0.1) is 0 Å². The van der Waals surface area contributed by atoms with E-state index in [0.717, 1.165) is 24.6 Å². The molecule has 1 aromatic carbocycles. The van der Waals surface area contributed by atoms with Gasteiger partial charge in [-0.1, -0.05) is 23.9 Å². The van der Waals surface area contributed by atoms with Crippen LogP contribution in [0.5, 0.6) is 0 Å². The zero-order valence-electron chi connectivity index (χ0n) is 14.3. The van der Waals surface area contributed by atoms with Crippen LogP contribution in [-0.2, 0) is 19.1 Å². The van der Waals surface area contributed by atoms with Crippen LogP contribution in [0.4, 0.5) is 0 Å². The monoisotopic (exact) mass is 377 g/mol. The number of amides is 2. The molecule has 1 aromatic heterocycles. The second-order valence-corrected chi connectivity index (χ2v) is 6.92. The largest absolute Gasteiger partial charge is 0.455 e. The molecule has 0 unspecified atom stereocenters. The molecule has 1 saturated carbocycles. The number of rotatable bonds is 8. The van der Waals surface area contributed by atoms with Crippen molar-refractivity contribution < 1.29 is 23.5 Å². The number of aromatic nitrogens is 1. The number of carbonyl (C=O) groups is 3. The molecule has 1 N–H and O–H groups in total. The van der Waals surface area contributed by atoms with E-state index < -0.39 is 18.5 Å². The number of hydrogen-bond donors (Lipinski definition) is 1. The second-order valence-electron chi connectivity index (χ2n) is 5.99. The molecule has 1 fully saturated rings. The highest BCUT2D eigenvalue weighted by molar-refractivity contribution is 7.99. The third-order valence-electron chi connectivity index (χ3n) is 3.69. The first-order valence-electron chi connectivity index (χ1n) is 8.18. The average Bonchev–Trinajstić information content (AvgIpc) is 3.32. The summed E-state index contributed by atoms with van der Waals surface area (Å²) >= 11 is 1.10. The normalized spacial score (nSPS) is 13.4. The number of oxazole rings is 1. The van der Waals surface area contributed by atoms with Crippen molar-refractivity contribution in [2.24, 2.45) is 0 Å². The molecule has 8 nitrogen and oxygen atoms in total. The van der Waals surface area contributed by atoms with Crippen LogP contribution in [0.2, 0.25) is 0 Å². The SMILES string of the molecule is CN(CC(=O)NC1CC1)C(=O)COC(=O)CSc1nc2ccccc2o1. The molecule has 0 saturated heterocycles. The highest BCUT2D eigenvalue weighted by Gasteiger charge is 2.24. The Bertz CT molecular complexity index is 785. The molecule has 0 atom stereocenters. The molecule has 2 amide bonds. The molecular weight excluding hydrogens is 358 g/mol. The number of ether oxygens (including phenoxy) is 1. The fraction of sp³-hybridized carbons (Fsp3) is 0.412. The highest BCUT2D eigenvalue weighted by atomic mass is 32.2. The van der Waals surface area contributed by atoms with E-state index in [-0.39, 0.29) is 24.2 Å². The van der Waals surface area contributed by atoms with Gasteiger partial charge in [0, 0.05) is 13.1 Å². The molecule has 0 aliphatic heterocycles. The summed E-state index contributed by atoms with van der Waals surface area (Å²) in [7, 11) is 1.50. The molecule has 1 aliphatic rings. The summed E-state index contributed by atoms with van der Waals surface area (Å²) in [6, 6.07) is 7.53. The van der Waals surface area contributed by atoms with Gasteiger partial charge in [0.05, 0.1) is 6.54 Å². The number of hydrogen-bond acceptors (Lipinski definition) is 7. The summed E-state index contributed by atoms with van der Waals surface area (Å²) in [6.07, 6.45) is 1.97. The first kappa shape index (κ1) is 18.2. The molecule has 0 radical (unpaired) electrons. The number of esters is 1. The van der Waals surface area contributed by atoms with Gasteiger partial charge < -0.3 is 19.4 Å². The van der Waals surface area contributed by atoms with Gasteiger partial charge in [0.15, 0.2) is 12.2 Å². The van der Waals surface area contributed by atoms with Crippen LogP contribution < -0.4 is 5.32 Å². The van der Waals surface area contributed by atoms with Gasteiger partial charge >= 0.3 is 5.97 Å². The Kier molecular flexibility index (Phi) is 5.77. The molecule has 138 valence electrons. The van der Waals surface area contributed by atoms with Crippen LogP contribution in [0.1, 0.15) is 12.8 Å². The first-order chi connectivity index (χ1) is 12.5. The number of nitrogens with one attached hydrogen (secondary N) is 1.